The number of fused-ring (bicyclic) bond motifs is 1. The van der Waals surface area contributed by atoms with Crippen LogP contribution in [0, 0.1) is 24.2 Å². The minimum Gasteiger partial charge on any atom is -0.475 e. The molecular weight excluding hydrogens is 634 g/mol. The van der Waals surface area contributed by atoms with Gasteiger partial charge in [-0.25, -0.2) is 32.4 Å². The molecule has 5 rings (SSSR count). The molecule has 4 N–H and O–H groups in total. The van der Waals surface area contributed by atoms with Crippen LogP contribution in [0.3, 0.4) is 0 Å². The van der Waals surface area contributed by atoms with Crippen LogP contribution in [0.25, 0.3) is 16.9 Å². The second kappa shape index (κ2) is 12.1. The summed E-state index contributed by atoms with van der Waals surface area (Å²) in [6, 6.07) is 7.12. The first kappa shape index (κ1) is 33.9. The minimum absolute atomic E-state index is 0.0226. The number of rotatable bonds is 5. The summed E-state index contributed by atoms with van der Waals surface area (Å²) in [5, 5.41) is 19.7. The maximum absolute atomic E-state index is 13.4. The zero-order valence-electron chi connectivity index (χ0n) is 23.8. The maximum Gasteiger partial charge on any atom is 0.490 e. The van der Waals surface area contributed by atoms with E-state index in [4.69, 9.17) is 20.9 Å². The number of aromatic nitrogens is 4. The summed E-state index contributed by atoms with van der Waals surface area (Å²) >= 11 is 0. The summed E-state index contributed by atoms with van der Waals surface area (Å²) in [6.07, 6.45) is -5.67. The summed E-state index contributed by atoms with van der Waals surface area (Å²) in [5.41, 5.74) is 6.10. The summed E-state index contributed by atoms with van der Waals surface area (Å²) in [7, 11) is -3.96. The highest BCUT2D eigenvalue weighted by Crippen LogP contribution is 2.36. The lowest BCUT2D eigenvalue weighted by Gasteiger charge is -2.46. The molecule has 0 amide bonds. The first-order chi connectivity index (χ1) is 20.7. The number of hydrogen-bond donors (Lipinski definition) is 3. The average molecular weight is 663 g/mol. The molecule has 1 aliphatic heterocycles. The van der Waals surface area contributed by atoms with Gasteiger partial charge in [0.1, 0.15) is 0 Å². The lowest BCUT2D eigenvalue weighted by Crippen LogP contribution is -2.56. The Hall–Kier alpha value is -4.02. The first-order valence-corrected chi connectivity index (χ1v) is 14.9. The Morgan fingerprint density at radius 1 is 1.18 bits per heavy atom. The number of nitrogens with zero attached hydrogens (tertiary/aromatic N) is 6. The number of anilines is 1. The fraction of sp³-hybridized carbons (Fsp3) is 0.500. The maximum atomic E-state index is 13.4. The van der Waals surface area contributed by atoms with Gasteiger partial charge in [0.15, 0.2) is 11.5 Å². The number of nitriles is 1. The van der Waals surface area contributed by atoms with E-state index in [1.807, 2.05) is 6.92 Å². The molecule has 1 saturated heterocycles. The highest BCUT2D eigenvalue weighted by Gasteiger charge is 2.41. The highest BCUT2D eigenvalue weighted by atomic mass is 32.2. The highest BCUT2D eigenvalue weighted by molar-refractivity contribution is 7.89. The van der Waals surface area contributed by atoms with Crippen LogP contribution >= 0.6 is 0 Å². The molecule has 2 aromatic heterocycles. The van der Waals surface area contributed by atoms with Gasteiger partial charge in [-0.2, -0.15) is 31.6 Å². The molecule has 2 fully saturated rings. The molecule has 3 aromatic rings. The number of aliphatic carboxylic acids is 1. The van der Waals surface area contributed by atoms with E-state index in [1.54, 1.807) is 13.0 Å². The van der Waals surface area contributed by atoms with E-state index >= 15 is 0 Å². The Kier molecular flexibility index (Phi) is 9.07. The van der Waals surface area contributed by atoms with Gasteiger partial charge in [-0.05, 0) is 57.2 Å². The van der Waals surface area contributed by atoms with Crippen LogP contribution in [0.2, 0.25) is 0 Å². The lowest BCUT2D eigenvalue weighted by molar-refractivity contribution is -0.192. The van der Waals surface area contributed by atoms with Crippen molar-refractivity contribution in [2.45, 2.75) is 68.4 Å². The fourth-order valence-electron chi connectivity index (χ4n) is 5.11. The molecular formula is C26H28F6N8O4S. The number of alkyl halides is 6. The van der Waals surface area contributed by atoms with Crippen LogP contribution in [-0.2, 0) is 21.0 Å². The van der Waals surface area contributed by atoms with Crippen molar-refractivity contribution in [2.24, 2.45) is 5.92 Å². The van der Waals surface area contributed by atoms with Gasteiger partial charge in [0, 0.05) is 36.2 Å². The van der Waals surface area contributed by atoms with Gasteiger partial charge in [-0.1, -0.05) is 6.07 Å². The second-order valence-electron chi connectivity index (χ2n) is 11.1. The van der Waals surface area contributed by atoms with Gasteiger partial charge in [0.05, 0.1) is 22.9 Å². The van der Waals surface area contributed by atoms with Crippen LogP contribution in [0.4, 0.5) is 32.2 Å². The third kappa shape index (κ3) is 7.45. The molecule has 0 unspecified atom stereocenters. The quantitative estimate of drug-likeness (QED) is 0.341. The van der Waals surface area contributed by atoms with Crippen LogP contribution in [0.1, 0.15) is 44.0 Å². The van der Waals surface area contributed by atoms with Crippen molar-refractivity contribution in [1.82, 2.24) is 29.2 Å². The van der Waals surface area contributed by atoms with E-state index in [0.29, 0.717) is 30.0 Å². The van der Waals surface area contributed by atoms with Gasteiger partial charge in [0.25, 0.3) is 5.82 Å². The average Bonchev–Trinajstić information content (AvgIpc) is 3.33. The van der Waals surface area contributed by atoms with Crippen molar-refractivity contribution in [1.29, 1.82) is 5.26 Å². The van der Waals surface area contributed by atoms with Crippen LogP contribution < -0.4 is 10.5 Å². The SMILES string of the molecule is Cc1ccc(S(=O)(=O)NC2(C)CCN(C3CC(C#N)C3)CC2)cc1-c1cnc2c(N)nc(C(F)(F)F)nn12.O=C(O)C(F)(F)F. The number of hydrogen-bond acceptors (Lipinski definition) is 9. The molecule has 19 heteroatoms. The smallest absolute Gasteiger partial charge is 0.475 e. The van der Waals surface area contributed by atoms with E-state index in [-0.39, 0.29) is 22.2 Å². The Morgan fingerprint density at radius 3 is 2.31 bits per heavy atom. The minimum atomic E-state index is -5.08. The van der Waals surface area contributed by atoms with Crippen LogP contribution in [-0.4, -0.2) is 74.8 Å². The molecule has 1 saturated carbocycles. The molecule has 2 aliphatic rings. The number of piperidine rings is 1. The first-order valence-electron chi connectivity index (χ1n) is 13.4. The number of nitrogens with one attached hydrogen (secondary N) is 1. The van der Waals surface area contributed by atoms with Crippen molar-refractivity contribution in [3.8, 4) is 17.3 Å². The molecule has 0 bridgehead atoms. The third-order valence-corrected chi connectivity index (χ3v) is 9.41. The van der Waals surface area contributed by atoms with E-state index in [9.17, 15) is 34.8 Å². The Bertz CT molecular complexity index is 1740. The molecule has 45 heavy (non-hydrogen) atoms. The van der Waals surface area contributed by atoms with Gasteiger partial charge < -0.3 is 15.7 Å². The number of halogens is 6. The van der Waals surface area contributed by atoms with E-state index in [1.165, 1.54) is 18.3 Å². The van der Waals surface area contributed by atoms with E-state index in [0.717, 1.165) is 30.4 Å². The number of carboxylic acid groups (broad SMARTS) is 1. The predicted octanol–water partition coefficient (Wildman–Crippen LogP) is 3.77. The van der Waals surface area contributed by atoms with Gasteiger partial charge in [-0.15, -0.1) is 5.10 Å². The molecule has 0 atom stereocenters. The monoisotopic (exact) mass is 662 g/mol. The number of aryl methyl sites for hydroxylation is 1. The standard InChI is InChI=1S/C24H27F3N8O2S.C2HF3O2/c1-14-3-4-17(11-18(14)19-13-30-21-20(29)31-22(24(25,26)27)32-35(19)21)38(36,37)33-23(2)5-7-34(8-6-23)16-9-15(10-16)12-28;3-2(4,5)1(6)7/h3-4,11,13,15-16,33H,5-10H2,1-2H3,(H2,29,31,32);(H,6,7). The van der Waals surface area contributed by atoms with Gasteiger partial charge in [-0.3, -0.25) is 0 Å². The van der Waals surface area contributed by atoms with E-state index < -0.39 is 45.5 Å². The van der Waals surface area contributed by atoms with Crippen molar-refractivity contribution < 1.29 is 44.7 Å². The molecule has 244 valence electrons. The Balaban J connectivity index is 0.000000591. The molecule has 0 radical (unpaired) electrons. The Morgan fingerprint density at radius 2 is 1.78 bits per heavy atom. The summed E-state index contributed by atoms with van der Waals surface area (Å²) in [4.78, 5) is 18.6. The zero-order valence-corrected chi connectivity index (χ0v) is 24.6. The molecule has 3 heterocycles. The fourth-order valence-corrected chi connectivity index (χ4v) is 6.60. The van der Waals surface area contributed by atoms with Gasteiger partial charge in [0.2, 0.25) is 10.0 Å². The number of carbonyl (C=O) groups is 1. The number of benzene rings is 1. The molecule has 0 spiro atoms. The summed E-state index contributed by atoms with van der Waals surface area (Å²) < 4.78 is 102. The van der Waals surface area contributed by atoms with Crippen molar-refractivity contribution >= 4 is 27.5 Å². The summed E-state index contributed by atoms with van der Waals surface area (Å²) in [6.45, 7) is 5.04. The summed E-state index contributed by atoms with van der Waals surface area (Å²) in [5.74, 6) is -4.51. The molecule has 12 nitrogen and oxygen atoms in total. The van der Waals surface area contributed by atoms with Crippen molar-refractivity contribution in [3.63, 3.8) is 0 Å². The van der Waals surface area contributed by atoms with Gasteiger partial charge >= 0.3 is 18.3 Å². The predicted molar refractivity (Wildman–Crippen MR) is 146 cm³/mol. The van der Waals surface area contributed by atoms with Crippen LogP contribution in [0.5, 0.6) is 0 Å². The van der Waals surface area contributed by atoms with Crippen LogP contribution in [0.15, 0.2) is 29.3 Å². The number of likely N-dealkylation sites (tertiary alicyclic amines) is 1. The van der Waals surface area contributed by atoms with Crippen molar-refractivity contribution in [3.05, 3.63) is 35.8 Å². The largest absolute Gasteiger partial charge is 0.490 e. The number of imidazole rings is 1. The van der Waals surface area contributed by atoms with E-state index in [2.05, 4.69) is 30.8 Å². The topological polar surface area (TPSA) is 180 Å². The number of nitrogen functional groups attached to an aromatic ring is 1. The second-order valence-corrected chi connectivity index (χ2v) is 12.8. The molecule has 1 aliphatic carbocycles. The zero-order chi connectivity index (χ0) is 33.5. The third-order valence-electron chi connectivity index (χ3n) is 7.77. The number of carboxylic acids is 1. The number of sulfonamides is 1. The van der Waals surface area contributed by atoms with Crippen molar-refractivity contribution in [2.75, 3.05) is 18.8 Å². The normalized spacial score (nSPS) is 20.5. The molecule has 1 aromatic carbocycles. The number of nitrogens with two attached hydrogens (primary N) is 1. The lowest BCUT2D eigenvalue weighted by atomic mass is 9.78. The Labute approximate surface area is 252 Å².